The molecule has 0 N–H and O–H groups in total. The maximum Gasteiger partial charge on any atom is 0.133 e. The Labute approximate surface area is 108 Å². The second-order valence-electron chi connectivity index (χ2n) is 5.23. The van der Waals surface area contributed by atoms with E-state index >= 15 is 0 Å². The standard InChI is InChI=1S/C15H22OS/c16-15(8-7-14-9-10-17-12-14)11-13-5-3-1-2-4-6-13/h9-10,12-13H,1-8,11H2. The lowest BCUT2D eigenvalue weighted by atomic mass is 9.93. The van der Waals surface area contributed by atoms with Crippen LogP contribution in [-0.4, -0.2) is 5.78 Å². The van der Waals surface area contributed by atoms with Crippen molar-refractivity contribution in [2.75, 3.05) is 0 Å². The number of carbonyl (C=O) groups excluding carboxylic acids is 1. The maximum absolute atomic E-state index is 11.9. The van der Waals surface area contributed by atoms with Crippen molar-refractivity contribution in [1.29, 1.82) is 0 Å². The molecule has 0 bridgehead atoms. The van der Waals surface area contributed by atoms with E-state index in [1.54, 1.807) is 11.3 Å². The van der Waals surface area contributed by atoms with Crippen molar-refractivity contribution in [3.05, 3.63) is 22.4 Å². The lowest BCUT2D eigenvalue weighted by Gasteiger charge is -2.12. The third-order valence-corrected chi connectivity index (χ3v) is 4.50. The van der Waals surface area contributed by atoms with Gasteiger partial charge in [0.05, 0.1) is 0 Å². The van der Waals surface area contributed by atoms with Crippen molar-refractivity contribution in [2.24, 2.45) is 5.92 Å². The average molecular weight is 250 g/mol. The van der Waals surface area contributed by atoms with Crippen LogP contribution in [0.5, 0.6) is 0 Å². The van der Waals surface area contributed by atoms with E-state index in [0.717, 1.165) is 19.3 Å². The lowest BCUT2D eigenvalue weighted by Crippen LogP contribution is -2.08. The monoisotopic (exact) mass is 250 g/mol. The first kappa shape index (κ1) is 12.8. The number of hydrogen-bond donors (Lipinski definition) is 0. The number of hydrogen-bond acceptors (Lipinski definition) is 2. The first-order valence-corrected chi connectivity index (χ1v) is 7.81. The number of Topliss-reactive ketones (excluding diaryl/α,β-unsaturated/α-hetero) is 1. The summed E-state index contributed by atoms with van der Waals surface area (Å²) in [6, 6.07) is 2.13. The van der Waals surface area contributed by atoms with Gasteiger partial charge in [0.25, 0.3) is 0 Å². The molecule has 0 unspecified atom stereocenters. The molecule has 17 heavy (non-hydrogen) atoms. The second kappa shape index (κ2) is 6.95. The number of carbonyl (C=O) groups is 1. The Hall–Kier alpha value is -0.630. The van der Waals surface area contributed by atoms with Crippen LogP contribution >= 0.6 is 11.3 Å². The Kier molecular flexibility index (Phi) is 5.24. The van der Waals surface area contributed by atoms with Crippen LogP contribution in [0.2, 0.25) is 0 Å². The Morgan fingerprint density at radius 2 is 2.00 bits per heavy atom. The molecule has 1 aromatic heterocycles. The Morgan fingerprint density at radius 3 is 2.65 bits per heavy atom. The first-order chi connectivity index (χ1) is 8.34. The molecule has 0 atom stereocenters. The van der Waals surface area contributed by atoms with Crippen molar-refractivity contribution in [3.63, 3.8) is 0 Å². The van der Waals surface area contributed by atoms with Gasteiger partial charge in [-0.3, -0.25) is 4.79 Å². The Bertz CT molecular complexity index is 321. The topological polar surface area (TPSA) is 17.1 Å². The molecule has 0 spiro atoms. The Morgan fingerprint density at radius 1 is 1.24 bits per heavy atom. The zero-order valence-corrected chi connectivity index (χ0v) is 11.3. The molecule has 94 valence electrons. The minimum absolute atomic E-state index is 0.475. The highest BCUT2D eigenvalue weighted by Crippen LogP contribution is 2.26. The second-order valence-corrected chi connectivity index (χ2v) is 6.01. The quantitative estimate of drug-likeness (QED) is 0.697. The molecule has 0 amide bonds. The molecule has 1 heterocycles. The molecule has 0 aromatic carbocycles. The van der Waals surface area contributed by atoms with Crippen LogP contribution in [0.15, 0.2) is 16.8 Å². The van der Waals surface area contributed by atoms with Crippen LogP contribution in [0.1, 0.15) is 56.9 Å². The summed E-state index contributed by atoms with van der Waals surface area (Å²) < 4.78 is 0. The zero-order valence-electron chi connectivity index (χ0n) is 10.5. The van der Waals surface area contributed by atoms with Gasteiger partial charge in [-0.1, -0.05) is 38.5 Å². The molecule has 1 saturated carbocycles. The molecule has 2 rings (SSSR count). The van der Waals surface area contributed by atoms with Gasteiger partial charge in [-0.2, -0.15) is 11.3 Å². The van der Waals surface area contributed by atoms with Gasteiger partial charge >= 0.3 is 0 Å². The molecule has 1 aromatic rings. The fraction of sp³-hybridized carbons (Fsp3) is 0.667. The first-order valence-electron chi connectivity index (χ1n) is 6.87. The van der Waals surface area contributed by atoms with Crippen molar-refractivity contribution >= 4 is 17.1 Å². The number of aryl methyl sites for hydroxylation is 1. The fourth-order valence-electron chi connectivity index (χ4n) is 2.71. The average Bonchev–Trinajstić information content (AvgIpc) is 2.72. The smallest absolute Gasteiger partial charge is 0.133 e. The summed E-state index contributed by atoms with van der Waals surface area (Å²) in [7, 11) is 0. The van der Waals surface area contributed by atoms with Gasteiger partial charge in [0.2, 0.25) is 0 Å². The predicted octanol–water partition coefficient (Wildman–Crippen LogP) is 4.61. The molecule has 0 radical (unpaired) electrons. The van der Waals surface area contributed by atoms with E-state index in [1.165, 1.54) is 44.1 Å². The summed E-state index contributed by atoms with van der Waals surface area (Å²) in [5, 5.41) is 4.24. The fourth-order valence-corrected chi connectivity index (χ4v) is 3.41. The van der Waals surface area contributed by atoms with E-state index in [4.69, 9.17) is 0 Å². The predicted molar refractivity (Wildman–Crippen MR) is 73.5 cm³/mol. The summed E-state index contributed by atoms with van der Waals surface area (Å²) in [5.41, 5.74) is 1.32. The van der Waals surface area contributed by atoms with Gasteiger partial charge in [-0.25, -0.2) is 0 Å². The van der Waals surface area contributed by atoms with E-state index in [9.17, 15) is 4.79 Å². The largest absolute Gasteiger partial charge is 0.300 e. The van der Waals surface area contributed by atoms with E-state index < -0.39 is 0 Å². The summed E-state index contributed by atoms with van der Waals surface area (Å²) in [6.07, 6.45) is 10.5. The van der Waals surface area contributed by atoms with E-state index in [0.29, 0.717) is 11.7 Å². The van der Waals surface area contributed by atoms with Crippen molar-refractivity contribution in [2.45, 2.75) is 57.8 Å². The normalized spacial score (nSPS) is 17.9. The van der Waals surface area contributed by atoms with Crippen molar-refractivity contribution in [3.8, 4) is 0 Å². The minimum Gasteiger partial charge on any atom is -0.300 e. The molecule has 1 aliphatic carbocycles. The summed E-state index contributed by atoms with van der Waals surface area (Å²) >= 11 is 1.72. The van der Waals surface area contributed by atoms with E-state index in [1.807, 2.05) is 0 Å². The zero-order chi connectivity index (χ0) is 11.9. The molecule has 0 aliphatic heterocycles. The third kappa shape index (κ3) is 4.63. The van der Waals surface area contributed by atoms with Gasteiger partial charge in [-0.05, 0) is 34.7 Å². The SMILES string of the molecule is O=C(CCc1ccsc1)CC1CCCCCC1. The van der Waals surface area contributed by atoms with Gasteiger partial charge in [0.1, 0.15) is 5.78 Å². The summed E-state index contributed by atoms with van der Waals surface area (Å²) in [4.78, 5) is 11.9. The van der Waals surface area contributed by atoms with Crippen molar-refractivity contribution in [1.82, 2.24) is 0 Å². The lowest BCUT2D eigenvalue weighted by molar-refractivity contribution is -0.120. The third-order valence-electron chi connectivity index (χ3n) is 3.76. The van der Waals surface area contributed by atoms with Crippen LogP contribution < -0.4 is 0 Å². The molecule has 1 nitrogen and oxygen atoms in total. The highest BCUT2D eigenvalue weighted by molar-refractivity contribution is 7.07. The van der Waals surface area contributed by atoms with Crippen LogP contribution in [-0.2, 0) is 11.2 Å². The van der Waals surface area contributed by atoms with Crippen LogP contribution in [0, 0.1) is 5.92 Å². The molecule has 0 saturated heterocycles. The maximum atomic E-state index is 11.9. The number of rotatable bonds is 5. The highest BCUT2D eigenvalue weighted by Gasteiger charge is 2.15. The number of thiophene rings is 1. The van der Waals surface area contributed by atoms with Gasteiger partial charge < -0.3 is 0 Å². The summed E-state index contributed by atoms with van der Waals surface area (Å²) in [6.45, 7) is 0. The molecular weight excluding hydrogens is 228 g/mol. The van der Waals surface area contributed by atoms with Gasteiger partial charge in [-0.15, -0.1) is 0 Å². The molecular formula is C15H22OS. The van der Waals surface area contributed by atoms with Crippen LogP contribution in [0.3, 0.4) is 0 Å². The van der Waals surface area contributed by atoms with Crippen molar-refractivity contribution < 1.29 is 4.79 Å². The highest BCUT2D eigenvalue weighted by atomic mass is 32.1. The van der Waals surface area contributed by atoms with E-state index in [2.05, 4.69) is 16.8 Å². The molecule has 1 fully saturated rings. The van der Waals surface area contributed by atoms with Gasteiger partial charge in [0.15, 0.2) is 0 Å². The molecule has 1 aliphatic rings. The molecule has 2 heteroatoms. The van der Waals surface area contributed by atoms with Crippen LogP contribution in [0.25, 0.3) is 0 Å². The Balaban J connectivity index is 1.69. The van der Waals surface area contributed by atoms with Crippen LogP contribution in [0.4, 0.5) is 0 Å². The van der Waals surface area contributed by atoms with E-state index in [-0.39, 0.29) is 0 Å². The van der Waals surface area contributed by atoms with Gasteiger partial charge in [0, 0.05) is 12.8 Å². The number of ketones is 1. The summed E-state index contributed by atoms with van der Waals surface area (Å²) in [5.74, 6) is 1.16. The minimum atomic E-state index is 0.475.